The van der Waals surface area contributed by atoms with Crippen LogP contribution in [0.2, 0.25) is 0 Å². The van der Waals surface area contributed by atoms with Gasteiger partial charge in [0, 0.05) is 11.7 Å². The van der Waals surface area contributed by atoms with Gasteiger partial charge in [-0.1, -0.05) is 0 Å². The lowest BCUT2D eigenvalue weighted by Gasteiger charge is -2.12. The maximum atomic E-state index is 14.0. The third-order valence-corrected chi connectivity index (χ3v) is 4.98. The Hall–Kier alpha value is -2.32. The number of hydrogen-bond acceptors (Lipinski definition) is 3. The summed E-state index contributed by atoms with van der Waals surface area (Å²) < 4.78 is 53.8. The summed E-state index contributed by atoms with van der Waals surface area (Å²) in [5.74, 6) is -2.15. The number of halogens is 2. The molecule has 2 N–H and O–H groups in total. The number of hydrogen-bond donors (Lipinski definition) is 2. The lowest BCUT2D eigenvalue weighted by atomic mass is 10.1. The van der Waals surface area contributed by atoms with E-state index in [1.54, 1.807) is 20.8 Å². The van der Waals surface area contributed by atoms with Crippen molar-refractivity contribution in [2.45, 2.75) is 31.7 Å². The van der Waals surface area contributed by atoms with Crippen molar-refractivity contribution in [2.24, 2.45) is 0 Å². The lowest BCUT2D eigenvalue weighted by Crippen LogP contribution is -2.30. The van der Waals surface area contributed by atoms with E-state index in [-0.39, 0.29) is 10.9 Å². The highest BCUT2D eigenvalue weighted by Gasteiger charge is 2.20. The second-order valence-corrected chi connectivity index (χ2v) is 7.54. The van der Waals surface area contributed by atoms with Gasteiger partial charge < -0.3 is 5.32 Å². The Balaban J connectivity index is 2.35. The van der Waals surface area contributed by atoms with E-state index >= 15 is 0 Å². The van der Waals surface area contributed by atoms with Gasteiger partial charge in [-0.2, -0.15) is 0 Å². The second kappa shape index (κ2) is 7.28. The molecule has 1 amide bonds. The highest BCUT2D eigenvalue weighted by Crippen LogP contribution is 2.20. The van der Waals surface area contributed by atoms with Crippen LogP contribution in [0.25, 0.3) is 0 Å². The van der Waals surface area contributed by atoms with Gasteiger partial charge in [-0.25, -0.2) is 21.9 Å². The quantitative estimate of drug-likeness (QED) is 0.851. The SMILES string of the molecule is Cc1cc(F)ccc1NC(=O)c1cc(S(=O)(=O)NC(C)C)ccc1F. The molecule has 2 aromatic carbocycles. The minimum Gasteiger partial charge on any atom is -0.322 e. The summed E-state index contributed by atoms with van der Waals surface area (Å²) in [4.78, 5) is 12.1. The normalized spacial score (nSPS) is 11.6. The van der Waals surface area contributed by atoms with Crippen LogP contribution in [0.4, 0.5) is 14.5 Å². The summed E-state index contributed by atoms with van der Waals surface area (Å²) in [5, 5.41) is 2.45. The molecule has 0 aliphatic rings. The number of rotatable bonds is 5. The van der Waals surface area contributed by atoms with Crippen molar-refractivity contribution in [1.82, 2.24) is 4.72 Å². The van der Waals surface area contributed by atoms with Crippen molar-refractivity contribution in [2.75, 3.05) is 5.32 Å². The van der Waals surface area contributed by atoms with E-state index in [9.17, 15) is 22.0 Å². The molecule has 0 heterocycles. The average Bonchev–Trinajstić information content (AvgIpc) is 2.49. The highest BCUT2D eigenvalue weighted by atomic mass is 32.2. The van der Waals surface area contributed by atoms with Gasteiger partial charge in [0.1, 0.15) is 11.6 Å². The number of aryl methyl sites for hydroxylation is 1. The first-order valence-corrected chi connectivity index (χ1v) is 8.98. The fourth-order valence-electron chi connectivity index (χ4n) is 2.18. The molecule has 8 heteroatoms. The van der Waals surface area contributed by atoms with Crippen molar-refractivity contribution in [3.63, 3.8) is 0 Å². The third kappa shape index (κ3) is 4.61. The van der Waals surface area contributed by atoms with E-state index in [0.717, 1.165) is 24.3 Å². The molecular weight excluding hydrogens is 350 g/mol. The molecule has 2 rings (SSSR count). The standard InChI is InChI=1S/C17H18F2N2O3S/c1-10(2)21-25(23,24)13-5-6-15(19)14(9-13)17(22)20-16-7-4-12(18)8-11(16)3/h4-10,21H,1-3H3,(H,20,22). The predicted octanol–water partition coefficient (Wildman–Crippen LogP) is 3.21. The monoisotopic (exact) mass is 368 g/mol. The molecular formula is C17H18F2N2O3S. The maximum absolute atomic E-state index is 14.0. The zero-order valence-electron chi connectivity index (χ0n) is 13.9. The van der Waals surface area contributed by atoms with E-state index in [1.807, 2.05) is 0 Å². The summed E-state index contributed by atoms with van der Waals surface area (Å²) >= 11 is 0. The Morgan fingerprint density at radius 2 is 1.76 bits per heavy atom. The molecule has 0 atom stereocenters. The summed E-state index contributed by atoms with van der Waals surface area (Å²) in [6, 6.07) is 6.34. The number of amides is 1. The molecule has 25 heavy (non-hydrogen) atoms. The minimum absolute atomic E-state index is 0.219. The number of sulfonamides is 1. The Labute approximate surface area is 145 Å². The first-order valence-electron chi connectivity index (χ1n) is 7.49. The van der Waals surface area contributed by atoms with Gasteiger partial charge in [0.25, 0.3) is 5.91 Å². The molecule has 0 radical (unpaired) electrons. The van der Waals surface area contributed by atoms with Crippen LogP contribution in [-0.2, 0) is 10.0 Å². The van der Waals surface area contributed by atoms with Crippen molar-refractivity contribution in [3.8, 4) is 0 Å². The lowest BCUT2D eigenvalue weighted by molar-refractivity contribution is 0.102. The second-order valence-electron chi connectivity index (χ2n) is 5.83. The molecule has 0 saturated carbocycles. The van der Waals surface area contributed by atoms with Crippen molar-refractivity contribution in [3.05, 3.63) is 59.2 Å². The van der Waals surface area contributed by atoms with Crippen molar-refractivity contribution < 1.29 is 22.0 Å². The number of benzene rings is 2. The molecule has 0 saturated heterocycles. The summed E-state index contributed by atoms with van der Waals surface area (Å²) in [7, 11) is -3.87. The van der Waals surface area contributed by atoms with Crippen LogP contribution in [0.1, 0.15) is 29.8 Å². The molecule has 0 aromatic heterocycles. The molecule has 0 unspecified atom stereocenters. The van der Waals surface area contributed by atoms with Gasteiger partial charge in [0.05, 0.1) is 10.5 Å². The van der Waals surface area contributed by atoms with E-state index in [2.05, 4.69) is 10.0 Å². The van der Waals surface area contributed by atoms with Gasteiger partial charge in [-0.15, -0.1) is 0 Å². The largest absolute Gasteiger partial charge is 0.322 e. The number of carbonyl (C=O) groups is 1. The minimum atomic E-state index is -3.87. The highest BCUT2D eigenvalue weighted by molar-refractivity contribution is 7.89. The summed E-state index contributed by atoms with van der Waals surface area (Å²) in [6.07, 6.45) is 0. The van der Waals surface area contributed by atoms with Gasteiger partial charge in [-0.3, -0.25) is 4.79 Å². The van der Waals surface area contributed by atoms with Gasteiger partial charge in [0.2, 0.25) is 10.0 Å². The van der Waals surface area contributed by atoms with Crippen LogP contribution in [0.5, 0.6) is 0 Å². The Bertz CT molecular complexity index is 912. The smallest absolute Gasteiger partial charge is 0.258 e. The Morgan fingerprint density at radius 1 is 1.08 bits per heavy atom. The molecule has 0 bridgehead atoms. The van der Waals surface area contributed by atoms with Crippen LogP contribution in [0.15, 0.2) is 41.3 Å². The van der Waals surface area contributed by atoms with Crippen LogP contribution in [-0.4, -0.2) is 20.4 Å². The topological polar surface area (TPSA) is 75.3 Å². The zero-order valence-corrected chi connectivity index (χ0v) is 14.7. The third-order valence-electron chi connectivity index (χ3n) is 3.32. The molecule has 0 aliphatic heterocycles. The fourth-order valence-corrected chi connectivity index (χ4v) is 3.46. The molecule has 5 nitrogen and oxygen atoms in total. The van der Waals surface area contributed by atoms with Gasteiger partial charge >= 0.3 is 0 Å². The first-order chi connectivity index (χ1) is 11.6. The van der Waals surface area contributed by atoms with Crippen LogP contribution < -0.4 is 10.0 Å². The van der Waals surface area contributed by atoms with E-state index < -0.39 is 33.1 Å². The Morgan fingerprint density at radius 3 is 2.36 bits per heavy atom. The van der Waals surface area contributed by atoms with Gasteiger partial charge in [-0.05, 0) is 62.7 Å². The summed E-state index contributed by atoms with van der Waals surface area (Å²) in [5.41, 5.74) is 0.341. The van der Waals surface area contributed by atoms with Gasteiger partial charge in [0.15, 0.2) is 0 Å². The molecule has 134 valence electrons. The maximum Gasteiger partial charge on any atom is 0.258 e. The summed E-state index contributed by atoms with van der Waals surface area (Å²) in [6.45, 7) is 4.88. The molecule has 0 spiro atoms. The fraction of sp³-hybridized carbons (Fsp3) is 0.235. The predicted molar refractivity (Wildman–Crippen MR) is 90.9 cm³/mol. The van der Waals surface area contributed by atoms with Crippen LogP contribution in [0.3, 0.4) is 0 Å². The van der Waals surface area contributed by atoms with E-state index in [4.69, 9.17) is 0 Å². The average molecular weight is 368 g/mol. The molecule has 0 fully saturated rings. The number of nitrogens with one attached hydrogen (secondary N) is 2. The first kappa shape index (κ1) is 19.0. The van der Waals surface area contributed by atoms with Crippen molar-refractivity contribution >= 4 is 21.6 Å². The van der Waals surface area contributed by atoms with Crippen molar-refractivity contribution in [1.29, 1.82) is 0 Å². The zero-order chi connectivity index (χ0) is 18.8. The number of carbonyl (C=O) groups excluding carboxylic acids is 1. The molecule has 2 aromatic rings. The Kier molecular flexibility index (Phi) is 5.54. The van der Waals surface area contributed by atoms with E-state index in [1.165, 1.54) is 12.1 Å². The number of anilines is 1. The molecule has 0 aliphatic carbocycles. The van der Waals surface area contributed by atoms with Crippen LogP contribution >= 0.6 is 0 Å². The van der Waals surface area contributed by atoms with E-state index in [0.29, 0.717) is 11.3 Å². The van der Waals surface area contributed by atoms with Crippen LogP contribution in [0, 0.1) is 18.6 Å².